The van der Waals surface area contributed by atoms with Crippen LogP contribution in [0.2, 0.25) is 0 Å². The van der Waals surface area contributed by atoms with Crippen molar-refractivity contribution in [1.29, 1.82) is 0 Å². The van der Waals surface area contributed by atoms with Gasteiger partial charge in [-0.2, -0.15) is 0 Å². The first-order chi connectivity index (χ1) is 13.5. The van der Waals surface area contributed by atoms with Gasteiger partial charge in [0.1, 0.15) is 11.5 Å². The van der Waals surface area contributed by atoms with E-state index in [0.717, 1.165) is 22.0 Å². The Morgan fingerprint density at radius 1 is 1.07 bits per heavy atom. The standard InChI is InChI=1S/C21H24N2O4S/c1-3-4-14-23-21(24)19(22-15-16-10-12-18(27-2)13-11-16)20(28(23,25)26)17-8-6-5-7-9-17/h5-13,20H,3-4,14-15H2,1-2H3. The molecular weight excluding hydrogens is 376 g/mol. The molecule has 7 heteroatoms. The van der Waals surface area contributed by atoms with Crippen LogP contribution in [-0.4, -0.2) is 38.0 Å². The number of sulfonamides is 1. The highest BCUT2D eigenvalue weighted by Crippen LogP contribution is 2.35. The molecule has 1 amide bonds. The van der Waals surface area contributed by atoms with E-state index < -0.39 is 21.2 Å². The number of carbonyl (C=O) groups is 1. The smallest absolute Gasteiger partial charge is 0.283 e. The van der Waals surface area contributed by atoms with Crippen LogP contribution in [0.15, 0.2) is 59.6 Å². The molecule has 0 N–H and O–H groups in total. The molecule has 2 aromatic rings. The molecule has 0 radical (unpaired) electrons. The van der Waals surface area contributed by atoms with Crippen molar-refractivity contribution in [3.8, 4) is 5.75 Å². The molecule has 1 aliphatic heterocycles. The second-order valence-corrected chi connectivity index (χ2v) is 8.56. The van der Waals surface area contributed by atoms with Gasteiger partial charge in [-0.05, 0) is 29.7 Å². The zero-order valence-electron chi connectivity index (χ0n) is 16.0. The van der Waals surface area contributed by atoms with Crippen LogP contribution in [0.1, 0.15) is 36.1 Å². The molecule has 28 heavy (non-hydrogen) atoms. The second kappa shape index (κ2) is 8.56. The monoisotopic (exact) mass is 400 g/mol. The zero-order valence-corrected chi connectivity index (χ0v) is 16.9. The molecule has 0 aromatic heterocycles. The summed E-state index contributed by atoms with van der Waals surface area (Å²) in [6, 6.07) is 16.1. The van der Waals surface area contributed by atoms with Gasteiger partial charge in [0.25, 0.3) is 15.9 Å². The Morgan fingerprint density at radius 2 is 1.75 bits per heavy atom. The number of methoxy groups -OCH3 is 1. The van der Waals surface area contributed by atoms with Crippen LogP contribution < -0.4 is 4.74 Å². The van der Waals surface area contributed by atoms with Crippen molar-refractivity contribution >= 4 is 21.6 Å². The minimum atomic E-state index is -3.83. The van der Waals surface area contributed by atoms with E-state index in [0.29, 0.717) is 12.0 Å². The van der Waals surface area contributed by atoms with Crippen LogP contribution in [0, 0.1) is 0 Å². The number of aliphatic imine (C=N–C) groups is 1. The summed E-state index contributed by atoms with van der Waals surface area (Å²) in [6.07, 6.45) is 1.42. The molecule has 1 aliphatic rings. The molecular formula is C21H24N2O4S. The third-order valence-corrected chi connectivity index (χ3v) is 6.76. The number of unbranched alkanes of at least 4 members (excludes halogenated alkanes) is 1. The predicted molar refractivity (Wildman–Crippen MR) is 109 cm³/mol. The minimum Gasteiger partial charge on any atom is -0.497 e. The summed E-state index contributed by atoms with van der Waals surface area (Å²) < 4.78 is 32.4. The molecule has 6 nitrogen and oxygen atoms in total. The SMILES string of the molecule is CCCCN1C(=O)C(=NCc2ccc(OC)cc2)C(c2ccccc2)S1(=O)=O. The maximum Gasteiger partial charge on any atom is 0.283 e. The molecule has 3 rings (SSSR count). The molecule has 1 fully saturated rings. The minimum absolute atomic E-state index is 0.0816. The van der Waals surface area contributed by atoms with E-state index in [-0.39, 0.29) is 18.8 Å². The van der Waals surface area contributed by atoms with Gasteiger partial charge in [-0.25, -0.2) is 12.7 Å². The lowest BCUT2D eigenvalue weighted by molar-refractivity contribution is -0.119. The van der Waals surface area contributed by atoms with E-state index in [4.69, 9.17) is 4.74 Å². The van der Waals surface area contributed by atoms with Gasteiger partial charge in [-0.15, -0.1) is 0 Å². The third-order valence-electron chi connectivity index (χ3n) is 4.71. The average molecular weight is 401 g/mol. The van der Waals surface area contributed by atoms with Crippen LogP contribution in [0.5, 0.6) is 5.75 Å². The van der Waals surface area contributed by atoms with Crippen molar-refractivity contribution in [3.63, 3.8) is 0 Å². The zero-order chi connectivity index (χ0) is 20.1. The lowest BCUT2D eigenvalue weighted by Crippen LogP contribution is -2.32. The summed E-state index contributed by atoms with van der Waals surface area (Å²) in [6.45, 7) is 2.37. The van der Waals surface area contributed by atoms with Crippen molar-refractivity contribution < 1.29 is 17.9 Å². The molecule has 0 bridgehead atoms. The van der Waals surface area contributed by atoms with Crippen LogP contribution in [-0.2, 0) is 21.4 Å². The van der Waals surface area contributed by atoms with Crippen molar-refractivity contribution in [3.05, 3.63) is 65.7 Å². The van der Waals surface area contributed by atoms with Gasteiger partial charge in [0, 0.05) is 6.54 Å². The molecule has 1 atom stereocenters. The van der Waals surface area contributed by atoms with Gasteiger partial charge in [0.05, 0.1) is 13.7 Å². The first-order valence-electron chi connectivity index (χ1n) is 9.27. The molecule has 1 unspecified atom stereocenters. The molecule has 1 saturated heterocycles. The molecule has 1 heterocycles. The fourth-order valence-electron chi connectivity index (χ4n) is 3.17. The van der Waals surface area contributed by atoms with E-state index in [2.05, 4.69) is 4.99 Å². The Labute approximate surface area is 165 Å². The van der Waals surface area contributed by atoms with Gasteiger partial charge >= 0.3 is 0 Å². The van der Waals surface area contributed by atoms with Crippen molar-refractivity contribution in [2.24, 2.45) is 4.99 Å². The van der Waals surface area contributed by atoms with Crippen molar-refractivity contribution in [2.45, 2.75) is 31.6 Å². The van der Waals surface area contributed by atoms with E-state index in [1.807, 2.05) is 37.3 Å². The first-order valence-corrected chi connectivity index (χ1v) is 10.8. The summed E-state index contributed by atoms with van der Waals surface area (Å²) in [4.78, 5) is 17.4. The number of carbonyl (C=O) groups excluding carboxylic acids is 1. The average Bonchev–Trinajstić information content (AvgIpc) is 2.90. The Bertz CT molecular complexity index is 954. The molecule has 148 valence electrons. The summed E-state index contributed by atoms with van der Waals surface area (Å²) in [7, 11) is -2.24. The first kappa shape index (κ1) is 20.1. The van der Waals surface area contributed by atoms with Crippen LogP contribution in [0.25, 0.3) is 0 Å². The normalized spacial score (nSPS) is 19.9. The Hall–Kier alpha value is -2.67. The number of nitrogens with zero attached hydrogens (tertiary/aromatic N) is 2. The Balaban J connectivity index is 1.98. The van der Waals surface area contributed by atoms with Crippen LogP contribution in [0.4, 0.5) is 0 Å². The van der Waals surface area contributed by atoms with Crippen molar-refractivity contribution in [2.75, 3.05) is 13.7 Å². The van der Waals surface area contributed by atoms with Crippen LogP contribution >= 0.6 is 0 Å². The quantitative estimate of drug-likeness (QED) is 0.714. The van der Waals surface area contributed by atoms with Gasteiger partial charge in [-0.3, -0.25) is 9.79 Å². The van der Waals surface area contributed by atoms with Crippen molar-refractivity contribution in [1.82, 2.24) is 4.31 Å². The van der Waals surface area contributed by atoms with Gasteiger partial charge in [0.15, 0.2) is 5.25 Å². The number of hydrogen-bond donors (Lipinski definition) is 0. The summed E-state index contributed by atoms with van der Waals surface area (Å²) in [5, 5.41) is -1.06. The van der Waals surface area contributed by atoms with Gasteiger partial charge in [0.2, 0.25) is 0 Å². The maximum atomic E-state index is 13.1. The van der Waals surface area contributed by atoms with Gasteiger partial charge in [-0.1, -0.05) is 55.8 Å². The fourth-order valence-corrected chi connectivity index (χ4v) is 5.09. The summed E-state index contributed by atoms with van der Waals surface area (Å²) in [5.74, 6) is 0.208. The van der Waals surface area contributed by atoms with Crippen LogP contribution in [0.3, 0.4) is 0 Å². The molecule has 2 aromatic carbocycles. The van der Waals surface area contributed by atoms with E-state index in [1.54, 1.807) is 31.4 Å². The molecule has 0 aliphatic carbocycles. The topological polar surface area (TPSA) is 76.0 Å². The highest BCUT2D eigenvalue weighted by Gasteiger charge is 2.50. The number of benzene rings is 2. The second-order valence-electron chi connectivity index (χ2n) is 6.62. The fraction of sp³-hybridized carbons (Fsp3) is 0.333. The molecule has 0 spiro atoms. The lowest BCUT2D eigenvalue weighted by atomic mass is 10.1. The van der Waals surface area contributed by atoms with E-state index >= 15 is 0 Å². The number of hydrogen-bond acceptors (Lipinski definition) is 5. The number of ether oxygens (including phenoxy) is 1. The Morgan fingerprint density at radius 3 is 2.36 bits per heavy atom. The predicted octanol–water partition coefficient (Wildman–Crippen LogP) is 3.35. The summed E-state index contributed by atoms with van der Waals surface area (Å²) in [5.41, 5.74) is 1.51. The highest BCUT2D eigenvalue weighted by molar-refractivity contribution is 7.91. The van der Waals surface area contributed by atoms with E-state index in [9.17, 15) is 13.2 Å². The summed E-state index contributed by atoms with van der Waals surface area (Å²) >= 11 is 0. The maximum absolute atomic E-state index is 13.1. The van der Waals surface area contributed by atoms with Gasteiger partial charge < -0.3 is 4.74 Å². The molecule has 0 saturated carbocycles. The lowest BCUT2D eigenvalue weighted by Gasteiger charge is -2.15. The largest absolute Gasteiger partial charge is 0.497 e. The third kappa shape index (κ3) is 3.94. The number of amides is 1. The Kier molecular flexibility index (Phi) is 6.14. The van der Waals surface area contributed by atoms with E-state index in [1.165, 1.54) is 0 Å². The number of rotatable bonds is 7. The highest BCUT2D eigenvalue weighted by atomic mass is 32.2.